The second-order valence-electron chi connectivity index (χ2n) is 12.5. The summed E-state index contributed by atoms with van der Waals surface area (Å²) in [6.45, 7) is 8.16. The first-order chi connectivity index (χ1) is 16.1. The molecule has 6 aliphatic rings. The van der Waals surface area contributed by atoms with Crippen molar-refractivity contribution in [1.29, 1.82) is 0 Å². The van der Waals surface area contributed by atoms with Crippen molar-refractivity contribution in [2.45, 2.75) is 90.1 Å². The summed E-state index contributed by atoms with van der Waals surface area (Å²) < 4.78 is 12.0. The molecule has 0 aromatic carbocycles. The number of hydrogen-bond acceptors (Lipinski definition) is 6. The highest BCUT2D eigenvalue weighted by molar-refractivity contribution is 5.97. The average Bonchev–Trinajstić information content (AvgIpc) is 3.53. The lowest BCUT2D eigenvalue weighted by molar-refractivity contribution is -0.183. The zero-order chi connectivity index (χ0) is 24.2. The number of aliphatic hydroxyl groups is 2. The minimum Gasteiger partial charge on any atom is -0.458 e. The molecule has 0 unspecified atom stereocenters. The number of carbonyl (C=O) groups excluding carboxylic acids is 2. The van der Waals surface area contributed by atoms with Crippen molar-refractivity contribution in [2.75, 3.05) is 6.61 Å². The normalized spacial score (nSPS) is 52.4. The van der Waals surface area contributed by atoms with Gasteiger partial charge in [0.1, 0.15) is 17.8 Å². The van der Waals surface area contributed by atoms with E-state index in [0.717, 1.165) is 31.3 Å². The summed E-state index contributed by atoms with van der Waals surface area (Å²) in [5, 5.41) is 22.2. The summed E-state index contributed by atoms with van der Waals surface area (Å²) in [4.78, 5) is 25.7. The number of fused-ring (bicyclic) bond motifs is 8. The van der Waals surface area contributed by atoms with Crippen molar-refractivity contribution in [3.05, 3.63) is 23.3 Å². The molecule has 0 aromatic heterocycles. The van der Waals surface area contributed by atoms with Crippen molar-refractivity contribution in [3.63, 3.8) is 0 Å². The molecule has 34 heavy (non-hydrogen) atoms. The number of aliphatic hydroxyl groups excluding tert-OH is 1. The SMILES string of the molecule is CC1=C(C)C(=O)O[C@@H]([C@H](CO)[C@H]2CC[C@H]3[C@@H]4[C@@H]5O[C@@H]5[C@@]5(O)CC=CC(=O)[C@]5(C)[C@@H]4CC[C@]23C)C1. The number of ketones is 1. The maximum absolute atomic E-state index is 13.3. The molecular formula is C28H38O6. The monoisotopic (exact) mass is 470 g/mol. The molecule has 4 aliphatic carbocycles. The number of carbonyl (C=O) groups is 2. The van der Waals surface area contributed by atoms with Crippen LogP contribution in [0.1, 0.15) is 66.2 Å². The number of epoxide rings is 1. The third-order valence-corrected chi connectivity index (χ3v) is 11.5. The van der Waals surface area contributed by atoms with E-state index in [4.69, 9.17) is 9.47 Å². The van der Waals surface area contributed by atoms with E-state index in [2.05, 4.69) is 6.92 Å². The first kappa shape index (κ1) is 22.9. The van der Waals surface area contributed by atoms with Crippen LogP contribution in [0.3, 0.4) is 0 Å². The van der Waals surface area contributed by atoms with Crippen LogP contribution < -0.4 is 0 Å². The van der Waals surface area contributed by atoms with Crippen LogP contribution in [0.2, 0.25) is 0 Å². The van der Waals surface area contributed by atoms with Gasteiger partial charge >= 0.3 is 5.97 Å². The number of rotatable bonds is 3. The van der Waals surface area contributed by atoms with Crippen LogP contribution in [0.25, 0.3) is 0 Å². The number of hydrogen-bond donors (Lipinski definition) is 2. The summed E-state index contributed by atoms with van der Waals surface area (Å²) >= 11 is 0. The van der Waals surface area contributed by atoms with Gasteiger partial charge in [-0.2, -0.15) is 0 Å². The van der Waals surface area contributed by atoms with E-state index in [0.29, 0.717) is 24.3 Å². The quantitative estimate of drug-likeness (QED) is 0.485. The standard InChI is InChI=1S/C28H38O6/c1-14-12-20(33-25(31)15(14)2)16(13-29)17-7-8-18-22-19(9-11-26(17,18)3)27(4)21(30)6-5-10-28(27,32)24-23(22)34-24/h5-6,16-20,22-24,29,32H,7-13H2,1-4H3/t16-,17-,18+,19-,20-,22+,23+,24+,26-,27+,28+/m1/s1. The lowest BCUT2D eigenvalue weighted by Gasteiger charge is -2.60. The van der Waals surface area contributed by atoms with Gasteiger partial charge in [-0.1, -0.05) is 18.6 Å². The molecule has 0 aromatic rings. The summed E-state index contributed by atoms with van der Waals surface area (Å²) in [5.74, 6) is 0.662. The molecular weight excluding hydrogens is 432 g/mol. The zero-order valence-electron chi connectivity index (χ0n) is 20.8. The van der Waals surface area contributed by atoms with Gasteiger partial charge in [0.05, 0.1) is 11.5 Å². The van der Waals surface area contributed by atoms with Crippen LogP contribution in [-0.2, 0) is 19.1 Å². The summed E-state index contributed by atoms with van der Waals surface area (Å²) in [6, 6.07) is 0. The van der Waals surface area contributed by atoms with Gasteiger partial charge in [0.2, 0.25) is 0 Å². The van der Waals surface area contributed by atoms with E-state index < -0.39 is 11.0 Å². The van der Waals surface area contributed by atoms with Gasteiger partial charge in [0.25, 0.3) is 0 Å². The van der Waals surface area contributed by atoms with E-state index in [1.807, 2.05) is 26.8 Å². The molecule has 1 saturated heterocycles. The fourth-order valence-corrected chi connectivity index (χ4v) is 9.37. The van der Waals surface area contributed by atoms with Crippen molar-refractivity contribution in [1.82, 2.24) is 0 Å². The van der Waals surface area contributed by atoms with E-state index in [1.54, 1.807) is 6.08 Å². The first-order valence-electron chi connectivity index (χ1n) is 13.1. The Bertz CT molecular complexity index is 999. The Hall–Kier alpha value is -1.50. The Morgan fingerprint density at radius 3 is 2.62 bits per heavy atom. The summed E-state index contributed by atoms with van der Waals surface area (Å²) in [7, 11) is 0. The molecule has 2 aliphatic heterocycles. The molecule has 11 atom stereocenters. The lowest BCUT2D eigenvalue weighted by Crippen LogP contribution is -2.67. The summed E-state index contributed by atoms with van der Waals surface area (Å²) in [6.07, 6.45) is 7.96. The molecule has 3 saturated carbocycles. The third-order valence-electron chi connectivity index (χ3n) is 11.5. The summed E-state index contributed by atoms with van der Waals surface area (Å²) in [5.41, 5.74) is -0.183. The van der Waals surface area contributed by atoms with Crippen LogP contribution >= 0.6 is 0 Å². The predicted octanol–water partition coefficient (Wildman–Crippen LogP) is 3.35. The largest absolute Gasteiger partial charge is 0.458 e. The highest BCUT2D eigenvalue weighted by Gasteiger charge is 2.77. The van der Waals surface area contributed by atoms with Gasteiger partial charge in [-0.3, -0.25) is 4.79 Å². The predicted molar refractivity (Wildman–Crippen MR) is 124 cm³/mol. The molecule has 186 valence electrons. The molecule has 0 radical (unpaired) electrons. The lowest BCUT2D eigenvalue weighted by atomic mass is 9.43. The maximum Gasteiger partial charge on any atom is 0.333 e. The third kappa shape index (κ3) is 2.68. The smallest absolute Gasteiger partial charge is 0.333 e. The molecule has 6 rings (SSSR count). The second kappa shape index (κ2) is 7.27. The molecule has 2 N–H and O–H groups in total. The Kier molecular flexibility index (Phi) is 4.90. The van der Waals surface area contributed by atoms with E-state index in [1.165, 1.54) is 0 Å². The molecule has 6 nitrogen and oxygen atoms in total. The van der Waals surface area contributed by atoms with Crippen molar-refractivity contribution < 1.29 is 29.3 Å². The van der Waals surface area contributed by atoms with E-state index >= 15 is 0 Å². The van der Waals surface area contributed by atoms with Crippen molar-refractivity contribution in [2.24, 2.45) is 40.4 Å². The molecule has 4 fully saturated rings. The number of esters is 1. The second-order valence-corrected chi connectivity index (χ2v) is 12.5. The Balaban J connectivity index is 1.32. The first-order valence-corrected chi connectivity index (χ1v) is 13.1. The highest BCUT2D eigenvalue weighted by Crippen LogP contribution is 2.71. The topological polar surface area (TPSA) is 96.4 Å². The van der Waals surface area contributed by atoms with Gasteiger partial charge in [-0.25, -0.2) is 4.79 Å². The fourth-order valence-electron chi connectivity index (χ4n) is 9.37. The van der Waals surface area contributed by atoms with E-state index in [9.17, 15) is 19.8 Å². The average molecular weight is 471 g/mol. The molecule has 0 spiro atoms. The number of ether oxygens (including phenoxy) is 2. The number of allylic oxidation sites excluding steroid dienone is 1. The zero-order valence-corrected chi connectivity index (χ0v) is 20.8. The van der Waals surface area contributed by atoms with Crippen LogP contribution in [0.4, 0.5) is 0 Å². The Labute approximate surface area is 201 Å². The Morgan fingerprint density at radius 1 is 1.15 bits per heavy atom. The molecule has 0 amide bonds. The Morgan fingerprint density at radius 2 is 1.91 bits per heavy atom. The van der Waals surface area contributed by atoms with Crippen LogP contribution in [0.15, 0.2) is 23.3 Å². The van der Waals surface area contributed by atoms with Gasteiger partial charge < -0.3 is 19.7 Å². The maximum atomic E-state index is 13.3. The van der Waals surface area contributed by atoms with Crippen molar-refractivity contribution >= 4 is 11.8 Å². The minimum atomic E-state index is -1.11. The molecule has 0 bridgehead atoms. The van der Waals surface area contributed by atoms with Gasteiger partial charge in [0.15, 0.2) is 5.78 Å². The van der Waals surface area contributed by atoms with Crippen LogP contribution in [0.5, 0.6) is 0 Å². The van der Waals surface area contributed by atoms with E-state index in [-0.39, 0.29) is 65.8 Å². The fraction of sp³-hybridized carbons (Fsp3) is 0.786. The van der Waals surface area contributed by atoms with Crippen molar-refractivity contribution in [3.8, 4) is 0 Å². The van der Waals surface area contributed by atoms with Gasteiger partial charge in [0, 0.05) is 24.5 Å². The molecule has 2 heterocycles. The highest BCUT2D eigenvalue weighted by atomic mass is 16.6. The number of cyclic esters (lactones) is 1. The minimum absolute atomic E-state index is 0.00858. The molecule has 6 heteroatoms. The van der Waals surface area contributed by atoms with Gasteiger partial charge in [-0.15, -0.1) is 0 Å². The van der Waals surface area contributed by atoms with Crippen LogP contribution in [-0.4, -0.2) is 52.5 Å². The van der Waals surface area contributed by atoms with Crippen LogP contribution in [0, 0.1) is 40.4 Å². The van der Waals surface area contributed by atoms with Gasteiger partial charge in [-0.05, 0) is 88.0 Å².